The summed E-state index contributed by atoms with van der Waals surface area (Å²) < 4.78 is 6.06. The quantitative estimate of drug-likeness (QED) is 0.520. The predicted octanol–water partition coefficient (Wildman–Crippen LogP) is 5.28. The molecule has 3 heteroatoms. The van der Waals surface area contributed by atoms with Crippen molar-refractivity contribution in [2.24, 2.45) is 0 Å². The number of furan rings is 1. The Hall–Kier alpha value is -2.81. The Bertz CT molecular complexity index is 1040. The summed E-state index contributed by atoms with van der Waals surface area (Å²) in [6.45, 7) is 6.05. The van der Waals surface area contributed by atoms with Crippen LogP contribution in [0.2, 0.25) is 0 Å². The van der Waals surface area contributed by atoms with Gasteiger partial charge in [0.1, 0.15) is 11.3 Å². The second kappa shape index (κ2) is 4.85. The second-order valence-electron chi connectivity index (χ2n) is 6.10. The first-order chi connectivity index (χ1) is 11.0. The van der Waals surface area contributed by atoms with Gasteiger partial charge in [0, 0.05) is 16.6 Å². The number of pyridine rings is 1. The van der Waals surface area contributed by atoms with E-state index in [0.29, 0.717) is 5.71 Å². The second-order valence-corrected chi connectivity index (χ2v) is 6.10. The van der Waals surface area contributed by atoms with Crippen molar-refractivity contribution >= 4 is 22.1 Å². The van der Waals surface area contributed by atoms with Crippen LogP contribution in [0.25, 0.3) is 33.2 Å². The van der Waals surface area contributed by atoms with Crippen LogP contribution in [-0.2, 0) is 0 Å². The Morgan fingerprint density at radius 2 is 1.70 bits per heavy atom. The van der Waals surface area contributed by atoms with Crippen LogP contribution in [0.3, 0.4) is 0 Å². The molecule has 0 aliphatic heterocycles. The van der Waals surface area contributed by atoms with E-state index in [-0.39, 0.29) is 5.75 Å². The van der Waals surface area contributed by atoms with E-state index < -0.39 is 0 Å². The minimum atomic E-state index is 0.232. The van der Waals surface area contributed by atoms with E-state index in [4.69, 9.17) is 4.42 Å². The first-order valence-corrected chi connectivity index (χ1v) is 7.63. The summed E-state index contributed by atoms with van der Waals surface area (Å²) in [5.74, 6) is 0.232. The molecule has 4 aromatic rings. The molecular formula is C20H17NO2. The summed E-state index contributed by atoms with van der Waals surface area (Å²) in [7, 11) is 0. The monoisotopic (exact) mass is 303 g/mol. The number of rotatable bonds is 1. The van der Waals surface area contributed by atoms with E-state index in [2.05, 4.69) is 24.0 Å². The lowest BCUT2D eigenvalue weighted by molar-refractivity contribution is 0.476. The summed E-state index contributed by atoms with van der Waals surface area (Å²) in [6, 6.07) is 13.7. The minimum Gasteiger partial charge on any atom is -0.508 e. The molecule has 0 bridgehead atoms. The van der Waals surface area contributed by atoms with Crippen LogP contribution in [0, 0.1) is 20.8 Å². The lowest BCUT2D eigenvalue weighted by Crippen LogP contribution is -1.83. The number of phenolic OH excluding ortho intramolecular Hbond substituents is 1. The first-order valence-electron chi connectivity index (χ1n) is 7.63. The number of benzene rings is 2. The van der Waals surface area contributed by atoms with Gasteiger partial charge in [0.05, 0.1) is 5.39 Å². The highest BCUT2D eigenvalue weighted by molar-refractivity contribution is 6.10. The van der Waals surface area contributed by atoms with Crippen molar-refractivity contribution in [2.45, 2.75) is 20.8 Å². The largest absolute Gasteiger partial charge is 0.508 e. The molecule has 3 nitrogen and oxygen atoms in total. The van der Waals surface area contributed by atoms with Crippen molar-refractivity contribution in [1.82, 2.24) is 4.98 Å². The topological polar surface area (TPSA) is 46.3 Å². The highest BCUT2D eigenvalue weighted by Crippen LogP contribution is 2.39. The number of nitrogens with zero attached hydrogens (tertiary/aromatic N) is 1. The Labute approximate surface area is 134 Å². The average molecular weight is 303 g/mol. The summed E-state index contributed by atoms with van der Waals surface area (Å²) in [6.07, 6.45) is 0. The Kier molecular flexibility index (Phi) is 2.91. The van der Waals surface area contributed by atoms with Gasteiger partial charge >= 0.3 is 0 Å². The van der Waals surface area contributed by atoms with Crippen molar-refractivity contribution in [3.05, 3.63) is 59.3 Å². The van der Waals surface area contributed by atoms with Gasteiger partial charge in [-0.05, 0) is 50.1 Å². The van der Waals surface area contributed by atoms with E-state index in [1.54, 1.807) is 12.1 Å². The molecule has 2 aromatic heterocycles. The van der Waals surface area contributed by atoms with Gasteiger partial charge in [-0.2, -0.15) is 0 Å². The van der Waals surface area contributed by atoms with Crippen molar-refractivity contribution in [2.75, 3.05) is 0 Å². The number of fused-ring (bicyclic) bond motifs is 3. The lowest BCUT2D eigenvalue weighted by Gasteiger charge is -2.04. The normalized spacial score (nSPS) is 11.4. The molecule has 0 amide bonds. The van der Waals surface area contributed by atoms with Gasteiger partial charge in [0.15, 0.2) is 0 Å². The molecule has 0 saturated heterocycles. The van der Waals surface area contributed by atoms with E-state index in [9.17, 15) is 5.11 Å². The van der Waals surface area contributed by atoms with E-state index in [1.165, 1.54) is 5.56 Å². The number of aromatic nitrogens is 1. The molecule has 4 rings (SSSR count). The highest BCUT2D eigenvalue weighted by Gasteiger charge is 2.16. The van der Waals surface area contributed by atoms with Crippen LogP contribution in [0.5, 0.6) is 5.75 Å². The van der Waals surface area contributed by atoms with E-state index >= 15 is 0 Å². The third-order valence-corrected chi connectivity index (χ3v) is 4.22. The maximum atomic E-state index is 10.2. The summed E-state index contributed by atoms with van der Waals surface area (Å²) in [5.41, 5.74) is 6.52. The standard InChI is InChI=1S/C20H17NO2/c1-11-4-6-14(7-5-11)16-9-15(22)10-17-18-12(2)8-13(3)21-20(18)23-19(16)17/h4-10,22H,1-3H3. The van der Waals surface area contributed by atoms with Crippen molar-refractivity contribution in [3.8, 4) is 16.9 Å². The summed E-state index contributed by atoms with van der Waals surface area (Å²) in [5, 5.41) is 12.1. The number of hydrogen-bond donors (Lipinski definition) is 1. The molecule has 2 heterocycles. The van der Waals surface area contributed by atoms with Gasteiger partial charge in [-0.3, -0.25) is 0 Å². The zero-order valence-electron chi connectivity index (χ0n) is 13.3. The third kappa shape index (κ3) is 2.16. The Morgan fingerprint density at radius 1 is 0.957 bits per heavy atom. The van der Waals surface area contributed by atoms with E-state index in [0.717, 1.165) is 38.7 Å². The van der Waals surface area contributed by atoms with Gasteiger partial charge < -0.3 is 9.52 Å². The molecule has 0 saturated carbocycles. The predicted molar refractivity (Wildman–Crippen MR) is 92.8 cm³/mol. The Balaban J connectivity index is 2.13. The third-order valence-electron chi connectivity index (χ3n) is 4.22. The zero-order valence-corrected chi connectivity index (χ0v) is 13.3. The number of aromatic hydroxyl groups is 1. The molecule has 2 aromatic carbocycles. The first kappa shape index (κ1) is 13.8. The number of phenols is 1. The molecule has 0 fully saturated rings. The maximum Gasteiger partial charge on any atom is 0.227 e. The van der Waals surface area contributed by atoms with E-state index in [1.807, 2.05) is 32.0 Å². The summed E-state index contributed by atoms with van der Waals surface area (Å²) >= 11 is 0. The van der Waals surface area contributed by atoms with Gasteiger partial charge in [-0.1, -0.05) is 29.8 Å². The molecular weight excluding hydrogens is 286 g/mol. The Morgan fingerprint density at radius 3 is 2.43 bits per heavy atom. The van der Waals surface area contributed by atoms with Crippen LogP contribution in [0.4, 0.5) is 0 Å². The lowest BCUT2D eigenvalue weighted by atomic mass is 10.00. The van der Waals surface area contributed by atoms with Crippen LogP contribution in [0.1, 0.15) is 16.8 Å². The molecule has 114 valence electrons. The van der Waals surface area contributed by atoms with Gasteiger partial charge in [-0.25, -0.2) is 4.98 Å². The van der Waals surface area contributed by atoms with Crippen LogP contribution >= 0.6 is 0 Å². The van der Waals surface area contributed by atoms with Gasteiger partial charge in [0.25, 0.3) is 0 Å². The molecule has 0 atom stereocenters. The van der Waals surface area contributed by atoms with Gasteiger partial charge in [0.2, 0.25) is 5.71 Å². The number of aryl methyl sites for hydroxylation is 3. The van der Waals surface area contributed by atoms with Crippen molar-refractivity contribution in [3.63, 3.8) is 0 Å². The van der Waals surface area contributed by atoms with Gasteiger partial charge in [-0.15, -0.1) is 0 Å². The highest BCUT2D eigenvalue weighted by atomic mass is 16.3. The smallest absolute Gasteiger partial charge is 0.227 e. The molecule has 0 unspecified atom stereocenters. The van der Waals surface area contributed by atoms with Crippen LogP contribution in [-0.4, -0.2) is 10.1 Å². The molecule has 1 N–H and O–H groups in total. The fourth-order valence-corrected chi connectivity index (χ4v) is 3.16. The number of hydrogen-bond acceptors (Lipinski definition) is 3. The van der Waals surface area contributed by atoms with Crippen molar-refractivity contribution in [1.29, 1.82) is 0 Å². The molecule has 0 spiro atoms. The molecule has 23 heavy (non-hydrogen) atoms. The molecule has 0 aliphatic rings. The maximum absolute atomic E-state index is 10.2. The average Bonchev–Trinajstić information content (AvgIpc) is 2.85. The fourth-order valence-electron chi connectivity index (χ4n) is 3.16. The SMILES string of the molecule is Cc1ccc(-c2cc(O)cc3c2oc2nc(C)cc(C)c23)cc1. The van der Waals surface area contributed by atoms with Crippen LogP contribution in [0.15, 0.2) is 46.9 Å². The zero-order chi connectivity index (χ0) is 16.1. The molecule has 0 radical (unpaired) electrons. The minimum absolute atomic E-state index is 0.232. The fraction of sp³-hybridized carbons (Fsp3) is 0.150. The summed E-state index contributed by atoms with van der Waals surface area (Å²) in [4.78, 5) is 4.50. The molecule has 0 aliphatic carbocycles. The van der Waals surface area contributed by atoms with Crippen molar-refractivity contribution < 1.29 is 9.52 Å². The van der Waals surface area contributed by atoms with Crippen LogP contribution < -0.4 is 0 Å².